The van der Waals surface area contributed by atoms with Crippen molar-refractivity contribution in [2.75, 3.05) is 13.1 Å². The second kappa shape index (κ2) is 5.68. The second-order valence-corrected chi connectivity index (χ2v) is 5.77. The lowest BCUT2D eigenvalue weighted by atomic mass is 9.74. The molecule has 1 unspecified atom stereocenters. The molecule has 1 saturated heterocycles. The van der Waals surface area contributed by atoms with Crippen molar-refractivity contribution in [2.45, 2.75) is 50.6 Å². The Kier molecular flexibility index (Phi) is 4.15. The summed E-state index contributed by atoms with van der Waals surface area (Å²) >= 11 is 0. The van der Waals surface area contributed by atoms with Gasteiger partial charge in [-0.05, 0) is 25.7 Å². The SMILES string of the molecule is CC(=O)NC1CCN(C(=O)NC2(CC(=O)O)CCC2)C1. The van der Waals surface area contributed by atoms with Gasteiger partial charge >= 0.3 is 12.0 Å². The summed E-state index contributed by atoms with van der Waals surface area (Å²) in [5, 5.41) is 14.6. The molecule has 1 saturated carbocycles. The maximum atomic E-state index is 12.2. The van der Waals surface area contributed by atoms with Gasteiger partial charge in [0, 0.05) is 26.1 Å². The highest BCUT2D eigenvalue weighted by Crippen LogP contribution is 2.35. The van der Waals surface area contributed by atoms with Gasteiger partial charge < -0.3 is 20.6 Å². The van der Waals surface area contributed by atoms with Crippen LogP contribution in [0.15, 0.2) is 0 Å². The van der Waals surface area contributed by atoms with E-state index in [2.05, 4.69) is 10.6 Å². The monoisotopic (exact) mass is 283 g/mol. The Morgan fingerprint density at radius 2 is 2.05 bits per heavy atom. The number of amides is 3. The maximum Gasteiger partial charge on any atom is 0.317 e. The number of likely N-dealkylation sites (tertiary alicyclic amines) is 1. The fraction of sp³-hybridized carbons (Fsp3) is 0.769. The lowest BCUT2D eigenvalue weighted by Gasteiger charge is -2.42. The number of carboxylic acid groups (broad SMARTS) is 1. The van der Waals surface area contributed by atoms with E-state index in [9.17, 15) is 14.4 Å². The first-order valence-corrected chi connectivity index (χ1v) is 6.96. The molecule has 1 atom stereocenters. The fourth-order valence-electron chi connectivity index (χ4n) is 2.89. The molecule has 1 aliphatic carbocycles. The number of carbonyl (C=O) groups is 3. The van der Waals surface area contributed by atoms with Crippen molar-refractivity contribution in [3.05, 3.63) is 0 Å². The molecule has 3 amide bonds. The Balaban J connectivity index is 1.86. The average molecular weight is 283 g/mol. The van der Waals surface area contributed by atoms with Crippen LogP contribution in [-0.4, -0.2) is 52.6 Å². The minimum absolute atomic E-state index is 0.00457. The first kappa shape index (κ1) is 14.6. The van der Waals surface area contributed by atoms with Crippen LogP contribution in [0.25, 0.3) is 0 Å². The highest BCUT2D eigenvalue weighted by Gasteiger charge is 2.41. The predicted octanol–water partition coefficient (Wildman–Crippen LogP) is 0.304. The Bertz CT molecular complexity index is 420. The maximum absolute atomic E-state index is 12.2. The molecule has 0 aromatic heterocycles. The molecule has 112 valence electrons. The molecule has 2 fully saturated rings. The fourth-order valence-corrected chi connectivity index (χ4v) is 2.89. The van der Waals surface area contributed by atoms with Gasteiger partial charge in [0.1, 0.15) is 0 Å². The molecule has 0 spiro atoms. The quantitative estimate of drug-likeness (QED) is 0.691. The van der Waals surface area contributed by atoms with Crippen molar-refractivity contribution < 1.29 is 19.5 Å². The third kappa shape index (κ3) is 3.40. The largest absolute Gasteiger partial charge is 0.481 e. The lowest BCUT2D eigenvalue weighted by molar-refractivity contribution is -0.139. The van der Waals surface area contributed by atoms with Gasteiger partial charge in [-0.3, -0.25) is 9.59 Å². The second-order valence-electron chi connectivity index (χ2n) is 5.77. The molecule has 7 nitrogen and oxygen atoms in total. The normalized spacial score (nSPS) is 23.9. The number of nitrogens with zero attached hydrogens (tertiary/aromatic N) is 1. The van der Waals surface area contributed by atoms with Gasteiger partial charge in [0.2, 0.25) is 5.91 Å². The van der Waals surface area contributed by atoms with E-state index < -0.39 is 11.5 Å². The van der Waals surface area contributed by atoms with Crippen LogP contribution in [0.5, 0.6) is 0 Å². The molecule has 2 aliphatic rings. The van der Waals surface area contributed by atoms with E-state index in [-0.39, 0.29) is 24.4 Å². The minimum atomic E-state index is -0.887. The van der Waals surface area contributed by atoms with Gasteiger partial charge in [-0.15, -0.1) is 0 Å². The van der Waals surface area contributed by atoms with E-state index in [1.54, 1.807) is 4.90 Å². The summed E-state index contributed by atoms with van der Waals surface area (Å²) in [4.78, 5) is 35.7. The molecule has 20 heavy (non-hydrogen) atoms. The van der Waals surface area contributed by atoms with Crippen molar-refractivity contribution >= 4 is 17.9 Å². The average Bonchev–Trinajstić information content (AvgIpc) is 2.72. The zero-order valence-electron chi connectivity index (χ0n) is 11.6. The van der Waals surface area contributed by atoms with Gasteiger partial charge in [0.05, 0.1) is 12.0 Å². The Hall–Kier alpha value is -1.79. The summed E-state index contributed by atoms with van der Waals surface area (Å²) in [7, 11) is 0. The molecular weight excluding hydrogens is 262 g/mol. The first-order chi connectivity index (χ1) is 9.40. The smallest absolute Gasteiger partial charge is 0.317 e. The van der Waals surface area contributed by atoms with E-state index in [0.717, 1.165) is 12.8 Å². The van der Waals surface area contributed by atoms with Crippen LogP contribution in [0.1, 0.15) is 39.0 Å². The Morgan fingerprint density at radius 1 is 1.35 bits per heavy atom. The van der Waals surface area contributed by atoms with E-state index in [4.69, 9.17) is 5.11 Å². The van der Waals surface area contributed by atoms with Crippen molar-refractivity contribution in [1.82, 2.24) is 15.5 Å². The Morgan fingerprint density at radius 3 is 2.55 bits per heavy atom. The van der Waals surface area contributed by atoms with E-state index >= 15 is 0 Å². The number of hydrogen-bond donors (Lipinski definition) is 3. The third-order valence-electron chi connectivity index (χ3n) is 4.06. The molecule has 0 bridgehead atoms. The number of carboxylic acids is 1. The topological polar surface area (TPSA) is 98.7 Å². The highest BCUT2D eigenvalue weighted by molar-refractivity contribution is 5.78. The van der Waals surface area contributed by atoms with E-state index in [1.807, 2.05) is 0 Å². The number of rotatable bonds is 4. The first-order valence-electron chi connectivity index (χ1n) is 6.96. The number of hydrogen-bond acceptors (Lipinski definition) is 3. The van der Waals surface area contributed by atoms with Crippen LogP contribution in [0.3, 0.4) is 0 Å². The van der Waals surface area contributed by atoms with Crippen molar-refractivity contribution in [3.63, 3.8) is 0 Å². The van der Waals surface area contributed by atoms with E-state index in [1.165, 1.54) is 6.92 Å². The molecular formula is C13H21N3O4. The molecule has 0 aromatic rings. The van der Waals surface area contributed by atoms with Gasteiger partial charge in [0.15, 0.2) is 0 Å². The highest BCUT2D eigenvalue weighted by atomic mass is 16.4. The van der Waals surface area contributed by atoms with Gasteiger partial charge in [-0.2, -0.15) is 0 Å². The van der Waals surface area contributed by atoms with Crippen LogP contribution in [0, 0.1) is 0 Å². The number of carbonyl (C=O) groups excluding carboxylic acids is 2. The summed E-state index contributed by atoms with van der Waals surface area (Å²) in [6.07, 6.45) is 3.09. The van der Waals surface area contributed by atoms with Crippen molar-refractivity contribution in [1.29, 1.82) is 0 Å². The molecule has 0 radical (unpaired) electrons. The summed E-state index contributed by atoms with van der Waals surface area (Å²) in [6.45, 7) is 2.52. The zero-order chi connectivity index (χ0) is 14.8. The molecule has 3 N–H and O–H groups in total. The summed E-state index contributed by atoms with van der Waals surface area (Å²) in [6, 6.07) is -0.228. The van der Waals surface area contributed by atoms with Gasteiger partial charge in [0.25, 0.3) is 0 Å². The standard InChI is InChI=1S/C13H21N3O4/c1-9(17)14-10-3-6-16(8-10)12(20)15-13(4-2-5-13)7-11(18)19/h10H,2-8H2,1H3,(H,14,17)(H,15,20)(H,18,19). The van der Waals surface area contributed by atoms with Crippen LogP contribution < -0.4 is 10.6 Å². The van der Waals surface area contributed by atoms with E-state index in [0.29, 0.717) is 25.9 Å². The molecule has 1 heterocycles. The summed E-state index contributed by atoms with van der Waals surface area (Å²) in [5.74, 6) is -0.985. The molecule has 0 aromatic carbocycles. The molecule has 7 heteroatoms. The Labute approximate surface area is 117 Å². The predicted molar refractivity (Wildman–Crippen MR) is 71.2 cm³/mol. The van der Waals surface area contributed by atoms with Crippen LogP contribution in [-0.2, 0) is 9.59 Å². The summed E-state index contributed by atoms with van der Waals surface area (Å²) in [5.41, 5.74) is -0.574. The molecule has 2 rings (SSSR count). The molecule has 1 aliphatic heterocycles. The van der Waals surface area contributed by atoms with Crippen LogP contribution in [0.4, 0.5) is 4.79 Å². The van der Waals surface area contributed by atoms with Crippen molar-refractivity contribution in [2.24, 2.45) is 0 Å². The number of urea groups is 1. The lowest BCUT2D eigenvalue weighted by Crippen LogP contribution is -2.58. The third-order valence-corrected chi connectivity index (χ3v) is 4.06. The number of aliphatic carboxylic acids is 1. The summed E-state index contributed by atoms with van der Waals surface area (Å²) < 4.78 is 0. The number of nitrogens with one attached hydrogen (secondary N) is 2. The minimum Gasteiger partial charge on any atom is -0.481 e. The van der Waals surface area contributed by atoms with Gasteiger partial charge in [-0.25, -0.2) is 4.79 Å². The zero-order valence-corrected chi connectivity index (χ0v) is 11.6. The van der Waals surface area contributed by atoms with Gasteiger partial charge in [-0.1, -0.05) is 0 Å². The van der Waals surface area contributed by atoms with Crippen molar-refractivity contribution in [3.8, 4) is 0 Å². The van der Waals surface area contributed by atoms with Crippen LogP contribution in [0.2, 0.25) is 0 Å². The van der Waals surface area contributed by atoms with Crippen LogP contribution >= 0.6 is 0 Å².